The number of hydrogen-bond acceptors (Lipinski definition) is 3. The molecule has 2 aromatic carbocycles. The molecule has 0 aromatic heterocycles. The van der Waals surface area contributed by atoms with E-state index in [1.54, 1.807) is 49.4 Å². The van der Waals surface area contributed by atoms with Gasteiger partial charge < -0.3 is 9.47 Å². The van der Waals surface area contributed by atoms with Gasteiger partial charge in [-0.1, -0.05) is 78.5 Å². The molecule has 1 fully saturated rings. The Morgan fingerprint density at radius 3 is 2.35 bits per heavy atom. The number of carbonyl (C=O) groups excluding carboxylic acids is 1. The average molecular weight is 500 g/mol. The standard InChI is InChI=1S/C24H22Cl4O3/c1-4-19(26)22(31-23(29)21-18(13-20(27)28)24(21,2)3)14-6-5-7-17(12-14)30-16-10-8-15(25)9-11-16/h4-13,18,21-22H,1-3H3. The van der Waals surface area contributed by atoms with E-state index in [0.717, 1.165) is 0 Å². The highest BCUT2D eigenvalue weighted by Crippen LogP contribution is 2.60. The van der Waals surface area contributed by atoms with Gasteiger partial charge >= 0.3 is 5.97 Å². The molecule has 3 rings (SSSR count). The van der Waals surface area contributed by atoms with E-state index in [1.807, 2.05) is 32.0 Å². The van der Waals surface area contributed by atoms with Crippen molar-refractivity contribution in [3.05, 3.63) is 80.8 Å². The fourth-order valence-electron chi connectivity index (χ4n) is 3.58. The Kier molecular flexibility index (Phi) is 7.64. The predicted molar refractivity (Wildman–Crippen MR) is 127 cm³/mol. The van der Waals surface area contributed by atoms with Crippen molar-refractivity contribution in [2.75, 3.05) is 0 Å². The lowest BCUT2D eigenvalue weighted by Crippen LogP contribution is -2.16. The van der Waals surface area contributed by atoms with Crippen molar-refractivity contribution in [3.63, 3.8) is 0 Å². The summed E-state index contributed by atoms with van der Waals surface area (Å²) in [6, 6.07) is 14.3. The first-order valence-electron chi connectivity index (χ1n) is 9.72. The maximum absolute atomic E-state index is 13.0. The van der Waals surface area contributed by atoms with Gasteiger partial charge in [0.25, 0.3) is 0 Å². The molecule has 1 saturated carbocycles. The van der Waals surface area contributed by atoms with Crippen LogP contribution in [0, 0.1) is 17.3 Å². The molecule has 3 unspecified atom stereocenters. The van der Waals surface area contributed by atoms with Gasteiger partial charge in [-0.15, -0.1) is 0 Å². The smallest absolute Gasteiger partial charge is 0.311 e. The normalized spacial score (nSPS) is 20.5. The van der Waals surface area contributed by atoms with E-state index >= 15 is 0 Å². The van der Waals surface area contributed by atoms with E-state index in [2.05, 4.69) is 0 Å². The van der Waals surface area contributed by atoms with Crippen molar-refractivity contribution in [1.29, 1.82) is 0 Å². The summed E-state index contributed by atoms with van der Waals surface area (Å²) >= 11 is 24.0. The molecule has 3 atom stereocenters. The van der Waals surface area contributed by atoms with Crippen LogP contribution in [0.1, 0.15) is 32.4 Å². The molecule has 0 N–H and O–H groups in total. The lowest BCUT2D eigenvalue weighted by atomic mass is 10.1. The molecule has 0 amide bonds. The summed E-state index contributed by atoms with van der Waals surface area (Å²) in [6.07, 6.45) is 2.64. The van der Waals surface area contributed by atoms with E-state index in [0.29, 0.717) is 27.1 Å². The zero-order valence-electron chi connectivity index (χ0n) is 17.2. The summed E-state index contributed by atoms with van der Waals surface area (Å²) in [7, 11) is 0. The summed E-state index contributed by atoms with van der Waals surface area (Å²) in [5, 5.41) is 1.03. The fourth-order valence-corrected chi connectivity index (χ4v) is 4.15. The third kappa shape index (κ3) is 5.78. The molecule has 0 heterocycles. The molecule has 31 heavy (non-hydrogen) atoms. The van der Waals surface area contributed by atoms with Gasteiger partial charge in [0.15, 0.2) is 6.10 Å². The highest BCUT2D eigenvalue weighted by atomic mass is 35.5. The molecule has 0 bridgehead atoms. The molecule has 7 heteroatoms. The Morgan fingerprint density at radius 2 is 1.74 bits per heavy atom. The molecule has 1 aliphatic rings. The maximum atomic E-state index is 13.0. The zero-order chi connectivity index (χ0) is 22.8. The van der Waals surface area contributed by atoms with Crippen LogP contribution in [0.2, 0.25) is 5.02 Å². The van der Waals surface area contributed by atoms with Crippen molar-refractivity contribution in [2.45, 2.75) is 26.9 Å². The zero-order valence-corrected chi connectivity index (χ0v) is 20.3. The second-order valence-corrected chi connectivity index (χ2v) is 9.78. The first-order valence-corrected chi connectivity index (χ1v) is 11.2. The van der Waals surface area contributed by atoms with Crippen LogP contribution in [0.4, 0.5) is 0 Å². The summed E-state index contributed by atoms with van der Waals surface area (Å²) in [5.74, 6) is 0.434. The van der Waals surface area contributed by atoms with Crippen LogP contribution in [0.3, 0.4) is 0 Å². The van der Waals surface area contributed by atoms with Gasteiger partial charge in [-0.2, -0.15) is 0 Å². The molecule has 1 aliphatic carbocycles. The molecule has 3 nitrogen and oxygen atoms in total. The minimum absolute atomic E-state index is 0.0883. The topological polar surface area (TPSA) is 35.5 Å². The summed E-state index contributed by atoms with van der Waals surface area (Å²) in [4.78, 5) is 13.0. The Morgan fingerprint density at radius 1 is 1.06 bits per heavy atom. The number of carbonyl (C=O) groups is 1. The lowest BCUT2D eigenvalue weighted by Gasteiger charge is -2.19. The van der Waals surface area contributed by atoms with E-state index in [4.69, 9.17) is 55.9 Å². The molecule has 0 aliphatic heterocycles. The SMILES string of the molecule is CC=C(Cl)C(OC(=O)C1C(C=C(Cl)Cl)C1(C)C)c1cccc(Oc2ccc(Cl)cc2)c1. The second-order valence-electron chi connectivity index (χ2n) is 7.90. The van der Waals surface area contributed by atoms with Crippen molar-refractivity contribution in [2.24, 2.45) is 17.3 Å². The van der Waals surface area contributed by atoms with E-state index in [9.17, 15) is 4.79 Å². The van der Waals surface area contributed by atoms with Gasteiger partial charge in [0.05, 0.1) is 11.0 Å². The number of allylic oxidation sites excluding steroid dienone is 2. The minimum atomic E-state index is -0.750. The monoisotopic (exact) mass is 498 g/mol. The molecular weight excluding hydrogens is 478 g/mol. The van der Waals surface area contributed by atoms with Crippen LogP contribution in [0.15, 0.2) is 70.2 Å². The van der Waals surface area contributed by atoms with E-state index in [-0.39, 0.29) is 27.7 Å². The largest absolute Gasteiger partial charge is 0.457 e. The van der Waals surface area contributed by atoms with E-state index in [1.165, 1.54) is 0 Å². The fraction of sp³-hybridized carbons (Fsp3) is 0.292. The van der Waals surface area contributed by atoms with Gasteiger partial charge in [-0.3, -0.25) is 4.79 Å². The Hall–Kier alpha value is -1.65. The molecule has 0 saturated heterocycles. The van der Waals surface area contributed by atoms with Crippen LogP contribution in [-0.4, -0.2) is 5.97 Å². The summed E-state index contributed by atoms with van der Waals surface area (Å²) in [5.41, 5.74) is 0.405. The number of halogens is 4. The molecule has 2 aromatic rings. The first-order chi connectivity index (χ1) is 14.6. The highest BCUT2D eigenvalue weighted by Gasteiger charge is 2.62. The van der Waals surface area contributed by atoms with Gasteiger partial charge in [-0.25, -0.2) is 0 Å². The lowest BCUT2D eigenvalue weighted by molar-refractivity contribution is -0.150. The summed E-state index contributed by atoms with van der Waals surface area (Å²) in [6.45, 7) is 5.74. The van der Waals surface area contributed by atoms with E-state index < -0.39 is 6.10 Å². The van der Waals surface area contributed by atoms with Crippen molar-refractivity contribution in [3.8, 4) is 11.5 Å². The quantitative estimate of drug-likeness (QED) is 0.358. The van der Waals surface area contributed by atoms with Crippen molar-refractivity contribution < 1.29 is 14.3 Å². The van der Waals surface area contributed by atoms with Crippen molar-refractivity contribution in [1.82, 2.24) is 0 Å². The summed E-state index contributed by atoms with van der Waals surface area (Å²) < 4.78 is 11.9. The second kappa shape index (κ2) is 9.87. The third-order valence-corrected chi connectivity index (χ3v) is 6.36. The highest BCUT2D eigenvalue weighted by molar-refractivity contribution is 6.55. The Labute approximate surface area is 202 Å². The van der Waals surface area contributed by atoms with Crippen LogP contribution in [0.25, 0.3) is 0 Å². The van der Waals surface area contributed by atoms with Crippen LogP contribution in [0.5, 0.6) is 11.5 Å². The van der Waals surface area contributed by atoms with Crippen LogP contribution < -0.4 is 4.74 Å². The minimum Gasteiger partial charge on any atom is -0.457 e. The molecule has 164 valence electrons. The number of esters is 1. The third-order valence-electron chi connectivity index (χ3n) is 5.44. The number of rotatable bonds is 7. The van der Waals surface area contributed by atoms with Crippen molar-refractivity contribution >= 4 is 52.4 Å². The van der Waals surface area contributed by atoms with Crippen LogP contribution >= 0.6 is 46.4 Å². The Bertz CT molecular complexity index is 1010. The number of benzene rings is 2. The average Bonchev–Trinajstić information content (AvgIpc) is 3.26. The van der Waals surface area contributed by atoms with Gasteiger partial charge in [0, 0.05) is 10.6 Å². The maximum Gasteiger partial charge on any atom is 0.311 e. The Balaban J connectivity index is 1.81. The van der Waals surface area contributed by atoms with Gasteiger partial charge in [0.2, 0.25) is 0 Å². The predicted octanol–water partition coefficient (Wildman–Crippen LogP) is 8.45. The molecule has 0 radical (unpaired) electrons. The van der Waals surface area contributed by atoms with Crippen LogP contribution in [-0.2, 0) is 9.53 Å². The van der Waals surface area contributed by atoms with Gasteiger partial charge in [0.1, 0.15) is 16.0 Å². The number of hydrogen-bond donors (Lipinski definition) is 0. The van der Waals surface area contributed by atoms with Gasteiger partial charge in [-0.05, 0) is 60.7 Å². The number of ether oxygens (including phenoxy) is 2. The molecular formula is C24H22Cl4O3. The first kappa shape index (κ1) is 24.0. The molecule has 0 spiro atoms.